The van der Waals surface area contributed by atoms with Gasteiger partial charge >= 0.3 is 0 Å². The highest BCUT2D eigenvalue weighted by Crippen LogP contribution is 2.22. The van der Waals surface area contributed by atoms with Gasteiger partial charge in [0.15, 0.2) is 0 Å². The maximum absolute atomic E-state index is 14.3. The molecule has 3 heterocycles. The van der Waals surface area contributed by atoms with E-state index in [9.17, 15) is 9.18 Å². The highest BCUT2D eigenvalue weighted by atomic mass is 19.1. The van der Waals surface area contributed by atoms with Crippen LogP contribution in [0, 0.1) is 5.82 Å². The lowest BCUT2D eigenvalue weighted by atomic mass is 9.66. The molecule has 1 aromatic carbocycles. The van der Waals surface area contributed by atoms with Crippen LogP contribution in [0.1, 0.15) is 10.4 Å². The zero-order valence-corrected chi connectivity index (χ0v) is 17.5. The molecule has 11 heteroatoms. The summed E-state index contributed by atoms with van der Waals surface area (Å²) in [6.45, 7) is 0. The van der Waals surface area contributed by atoms with Gasteiger partial charge in [-0.3, -0.25) is 9.78 Å². The fraction of sp³-hybridized carbons (Fsp3) is 0.0526. The molecule has 144 valence electrons. The van der Waals surface area contributed by atoms with Gasteiger partial charge in [0.05, 0.1) is 23.9 Å². The summed E-state index contributed by atoms with van der Waals surface area (Å²) in [5.74, 6) is -0.141. The number of benzene rings is 1. The third-order valence-electron chi connectivity index (χ3n) is 5.68. The first-order valence-corrected chi connectivity index (χ1v) is 9.57. The van der Waals surface area contributed by atoms with E-state index in [-0.39, 0.29) is 11.7 Å². The van der Waals surface area contributed by atoms with E-state index in [4.69, 9.17) is 0 Å². The number of anilines is 1. The molecule has 0 saturated heterocycles. The predicted octanol–water partition coefficient (Wildman–Crippen LogP) is -3.54. The maximum Gasteiger partial charge on any atom is 0.255 e. The number of nitrogens with one attached hydrogen (secondary N) is 1. The van der Waals surface area contributed by atoms with Crippen molar-refractivity contribution in [3.05, 3.63) is 48.4 Å². The van der Waals surface area contributed by atoms with Crippen LogP contribution in [0.3, 0.4) is 0 Å². The number of nitrogens with zero attached hydrogens (tertiary/aromatic N) is 4. The summed E-state index contributed by atoms with van der Waals surface area (Å²) in [5.41, 5.74) is 4.40. The molecule has 30 heavy (non-hydrogen) atoms. The summed E-state index contributed by atoms with van der Waals surface area (Å²) < 4.78 is 16.2. The van der Waals surface area contributed by atoms with Crippen LogP contribution in [0.4, 0.5) is 10.2 Å². The molecule has 0 saturated carbocycles. The Balaban J connectivity index is 1.71. The van der Waals surface area contributed by atoms with Crippen LogP contribution in [0.25, 0.3) is 22.2 Å². The molecule has 0 aliphatic carbocycles. The minimum atomic E-state index is -0.302. The predicted molar refractivity (Wildman–Crippen MR) is 129 cm³/mol. The number of carbonyl (C=O) groups excluding carboxylic acids is 1. The van der Waals surface area contributed by atoms with Gasteiger partial charge in [0, 0.05) is 30.4 Å². The van der Waals surface area contributed by atoms with Crippen LogP contribution >= 0.6 is 0 Å². The van der Waals surface area contributed by atoms with Crippen molar-refractivity contribution in [2.75, 3.05) is 5.32 Å². The van der Waals surface area contributed by atoms with Crippen LogP contribution in [-0.2, 0) is 7.05 Å². The zero-order chi connectivity index (χ0) is 21.6. The van der Waals surface area contributed by atoms with Crippen LogP contribution in [0.15, 0.2) is 37.1 Å². The van der Waals surface area contributed by atoms with Crippen molar-refractivity contribution in [2.45, 2.75) is 0 Å². The molecule has 0 aliphatic rings. The molecule has 3 aromatic heterocycles. The lowest BCUT2D eigenvalue weighted by Crippen LogP contribution is -2.49. The topological polar surface area (TPSA) is 72.7 Å². The second-order valence-electron chi connectivity index (χ2n) is 7.52. The Morgan fingerprint density at radius 3 is 2.27 bits per heavy atom. The highest BCUT2D eigenvalue weighted by Gasteiger charge is 2.19. The lowest BCUT2D eigenvalue weighted by molar-refractivity contribution is 0.102. The molecule has 1 amide bonds. The van der Waals surface area contributed by atoms with E-state index in [1.165, 1.54) is 0 Å². The quantitative estimate of drug-likeness (QED) is 0.365. The number of pyridine rings is 2. The van der Waals surface area contributed by atoms with Crippen molar-refractivity contribution >= 4 is 75.7 Å². The summed E-state index contributed by atoms with van der Waals surface area (Å²) in [6, 6.07) is 3.75. The van der Waals surface area contributed by atoms with Crippen molar-refractivity contribution in [1.82, 2.24) is 19.5 Å². The molecular weight excluding hydrogens is 376 g/mol. The molecule has 0 spiro atoms. The molecule has 4 aromatic rings. The summed E-state index contributed by atoms with van der Waals surface area (Å²) in [7, 11) is 8.81. The second-order valence-corrected chi connectivity index (χ2v) is 7.52. The first-order chi connectivity index (χ1) is 14.3. The number of aryl methyl sites for hydroxylation is 1. The number of hydrogen-bond donors (Lipinski definition) is 1. The number of rotatable bonds is 3. The van der Waals surface area contributed by atoms with Gasteiger partial charge in [-0.25, -0.2) is 14.4 Å². The van der Waals surface area contributed by atoms with Gasteiger partial charge < -0.3 is 9.88 Å². The first-order valence-electron chi connectivity index (χ1n) is 9.57. The van der Waals surface area contributed by atoms with Gasteiger partial charge in [-0.05, 0) is 17.5 Å². The normalized spacial score (nSPS) is 11.0. The van der Waals surface area contributed by atoms with E-state index in [1.54, 1.807) is 56.3 Å². The third kappa shape index (κ3) is 3.30. The summed E-state index contributed by atoms with van der Waals surface area (Å²) in [4.78, 5) is 26.0. The smallest absolute Gasteiger partial charge is 0.255 e. The van der Waals surface area contributed by atoms with Crippen molar-refractivity contribution in [3.63, 3.8) is 0 Å². The van der Waals surface area contributed by atoms with E-state index in [0.29, 0.717) is 33.2 Å². The van der Waals surface area contributed by atoms with Crippen LogP contribution in [0.5, 0.6) is 0 Å². The third-order valence-corrected chi connectivity index (χ3v) is 5.68. The Hall–Kier alpha value is -3.35. The number of carbonyl (C=O) groups is 1. The molecule has 0 unspecified atom stereocenters. The minimum Gasteiger partial charge on any atom is -0.332 e. The molecule has 0 bridgehead atoms. The van der Waals surface area contributed by atoms with Crippen molar-refractivity contribution in [2.24, 2.45) is 7.05 Å². The number of aromatic nitrogens is 4. The van der Waals surface area contributed by atoms with E-state index in [0.717, 1.165) is 22.2 Å². The molecule has 1 N–H and O–H groups in total. The molecule has 4 rings (SSSR count). The van der Waals surface area contributed by atoms with E-state index >= 15 is 0 Å². The van der Waals surface area contributed by atoms with Gasteiger partial charge in [0.1, 0.15) is 43.0 Å². The van der Waals surface area contributed by atoms with E-state index in [2.05, 4.69) is 20.3 Å². The summed E-state index contributed by atoms with van der Waals surface area (Å²) >= 11 is 0. The number of halogens is 1. The van der Waals surface area contributed by atoms with Crippen molar-refractivity contribution in [1.29, 1.82) is 0 Å². The van der Waals surface area contributed by atoms with Gasteiger partial charge in [-0.15, -0.1) is 0 Å². The first kappa shape index (κ1) is 19.9. The fourth-order valence-electron chi connectivity index (χ4n) is 3.64. The van der Waals surface area contributed by atoms with Crippen LogP contribution in [-0.4, -0.2) is 56.8 Å². The highest BCUT2D eigenvalue weighted by molar-refractivity contribution is 6.59. The average molecular weight is 395 g/mol. The van der Waals surface area contributed by atoms with Crippen molar-refractivity contribution < 1.29 is 9.18 Å². The number of amides is 1. The SMILES string of the molecule is Bc1c(B)c(C(=O)Nc2cc3cc(-c4cncn4C)ncc3cn2)c(B)c(B)c1F. The van der Waals surface area contributed by atoms with Crippen LogP contribution in [0.2, 0.25) is 0 Å². The average Bonchev–Trinajstić information content (AvgIpc) is 3.16. The molecule has 6 nitrogen and oxygen atoms in total. The Morgan fingerprint density at radius 2 is 1.63 bits per heavy atom. The van der Waals surface area contributed by atoms with Gasteiger partial charge in [-0.2, -0.15) is 0 Å². The standard InChI is InChI=1S/C19H18B4FN5O/c1-29-7-25-6-11(29)10-2-8-3-12(27-5-9(8)4-26-10)28-19(30)13-14(20)16(22)18(24)17(23)15(13)21/h2-7H,20-23H2,1H3,(H,27,28,30). The Bertz CT molecular complexity index is 1300. The molecule has 0 fully saturated rings. The Kier molecular flexibility index (Phi) is 4.97. The van der Waals surface area contributed by atoms with Crippen LogP contribution < -0.4 is 27.2 Å². The molecular formula is C19H18B4FN5O. The monoisotopic (exact) mass is 395 g/mol. The molecule has 0 radical (unpaired) electrons. The lowest BCUT2D eigenvalue weighted by Gasteiger charge is -2.17. The minimum absolute atomic E-state index is 0.263. The zero-order valence-electron chi connectivity index (χ0n) is 17.5. The van der Waals surface area contributed by atoms with E-state index < -0.39 is 0 Å². The summed E-state index contributed by atoms with van der Waals surface area (Å²) in [5, 5.41) is 4.62. The summed E-state index contributed by atoms with van der Waals surface area (Å²) in [6.07, 6.45) is 6.89. The number of hydrogen-bond acceptors (Lipinski definition) is 4. The Morgan fingerprint density at radius 1 is 0.967 bits per heavy atom. The van der Waals surface area contributed by atoms with E-state index in [1.807, 2.05) is 23.7 Å². The maximum atomic E-state index is 14.3. The molecule has 0 aliphatic heterocycles. The molecule has 0 atom stereocenters. The number of fused-ring (bicyclic) bond motifs is 1. The van der Waals surface area contributed by atoms with Crippen molar-refractivity contribution in [3.8, 4) is 11.4 Å². The van der Waals surface area contributed by atoms with Gasteiger partial charge in [0.25, 0.3) is 5.91 Å². The van der Waals surface area contributed by atoms with Gasteiger partial charge in [-0.1, -0.05) is 21.9 Å². The number of imidazole rings is 1. The Labute approximate surface area is 177 Å². The second kappa shape index (κ2) is 7.48. The fourth-order valence-corrected chi connectivity index (χ4v) is 3.64. The van der Waals surface area contributed by atoms with Gasteiger partial charge in [0.2, 0.25) is 0 Å². The largest absolute Gasteiger partial charge is 0.332 e.